The number of ether oxygens (including phenoxy) is 2. The lowest BCUT2D eigenvalue weighted by molar-refractivity contribution is 0.0103. The van der Waals surface area contributed by atoms with Crippen molar-refractivity contribution in [1.29, 1.82) is 0 Å². The van der Waals surface area contributed by atoms with Crippen LogP contribution in [0.25, 0.3) is 0 Å². The molecule has 1 unspecified atom stereocenters. The van der Waals surface area contributed by atoms with Crippen molar-refractivity contribution in [3.63, 3.8) is 0 Å². The van der Waals surface area contributed by atoms with Gasteiger partial charge in [-0.1, -0.05) is 18.0 Å². The molecule has 0 radical (unpaired) electrons. The number of rotatable bonds is 7. The second kappa shape index (κ2) is 9.15. The van der Waals surface area contributed by atoms with Gasteiger partial charge in [0.15, 0.2) is 5.82 Å². The smallest absolute Gasteiger partial charge is 0.317 e. The van der Waals surface area contributed by atoms with Gasteiger partial charge in [0.05, 0.1) is 12.7 Å². The number of nitrogens with zero attached hydrogens (tertiary/aromatic N) is 3. The Hall–Kier alpha value is -1.67. The second-order valence-electron chi connectivity index (χ2n) is 6.80. The van der Waals surface area contributed by atoms with Gasteiger partial charge in [0.2, 0.25) is 0 Å². The van der Waals surface area contributed by atoms with Crippen LogP contribution in [0.15, 0.2) is 4.52 Å². The average Bonchev–Trinajstić information content (AvgIpc) is 3.28. The van der Waals surface area contributed by atoms with Crippen LogP contribution in [0.2, 0.25) is 0 Å². The van der Waals surface area contributed by atoms with Gasteiger partial charge in [-0.3, -0.25) is 0 Å². The van der Waals surface area contributed by atoms with Gasteiger partial charge in [-0.2, -0.15) is 4.98 Å². The molecule has 1 aromatic rings. The molecule has 25 heavy (non-hydrogen) atoms. The highest BCUT2D eigenvalue weighted by Crippen LogP contribution is 2.19. The first-order chi connectivity index (χ1) is 12.2. The Labute approximate surface area is 148 Å². The van der Waals surface area contributed by atoms with Gasteiger partial charge in [-0.05, 0) is 25.7 Å². The Balaban J connectivity index is 1.38. The Bertz CT molecular complexity index is 545. The van der Waals surface area contributed by atoms with E-state index in [0.29, 0.717) is 43.9 Å². The summed E-state index contributed by atoms with van der Waals surface area (Å²) >= 11 is 0. The van der Waals surface area contributed by atoms with Crippen molar-refractivity contribution in [1.82, 2.24) is 20.4 Å². The monoisotopic (exact) mass is 352 g/mol. The van der Waals surface area contributed by atoms with E-state index in [1.807, 2.05) is 4.90 Å². The first kappa shape index (κ1) is 18.1. The van der Waals surface area contributed by atoms with Crippen LogP contribution in [-0.4, -0.2) is 60.0 Å². The highest BCUT2D eigenvalue weighted by Gasteiger charge is 2.26. The molecule has 1 atom stereocenters. The number of methoxy groups -OCH3 is 1. The van der Waals surface area contributed by atoms with Gasteiger partial charge in [0, 0.05) is 32.7 Å². The molecule has 1 aliphatic carbocycles. The van der Waals surface area contributed by atoms with E-state index < -0.39 is 0 Å². The summed E-state index contributed by atoms with van der Waals surface area (Å²) in [6.45, 7) is 2.31. The largest absolute Gasteiger partial charge is 0.376 e. The van der Waals surface area contributed by atoms with Crippen LogP contribution in [0.5, 0.6) is 0 Å². The Morgan fingerprint density at radius 2 is 2.16 bits per heavy atom. The summed E-state index contributed by atoms with van der Waals surface area (Å²) in [6.07, 6.45) is 7.28. The standard InChI is InChI=1S/C17H28N4O4/c1-23-12-16-19-15(20-25-16)8-10-24-14-7-4-9-21(11-14)17(22)18-13-5-2-3-6-13/h13-14H,2-12H2,1H3,(H,18,22). The molecule has 1 saturated heterocycles. The molecule has 0 aromatic carbocycles. The van der Waals surface area contributed by atoms with Gasteiger partial charge in [0.25, 0.3) is 5.89 Å². The number of piperidine rings is 1. The molecule has 3 rings (SSSR count). The first-order valence-corrected chi connectivity index (χ1v) is 9.22. The number of carbonyl (C=O) groups is 1. The predicted octanol–water partition coefficient (Wildman–Crippen LogP) is 1.89. The average molecular weight is 352 g/mol. The van der Waals surface area contributed by atoms with E-state index in [9.17, 15) is 4.79 Å². The topological polar surface area (TPSA) is 89.7 Å². The number of aromatic nitrogens is 2. The maximum absolute atomic E-state index is 12.4. The van der Waals surface area contributed by atoms with E-state index in [1.165, 1.54) is 12.8 Å². The number of urea groups is 1. The molecule has 1 aromatic heterocycles. The molecular formula is C17H28N4O4. The SMILES string of the molecule is COCc1nc(CCOC2CCCN(C(=O)NC3CCCC3)C2)no1. The lowest BCUT2D eigenvalue weighted by Crippen LogP contribution is -2.50. The van der Waals surface area contributed by atoms with Crippen LogP contribution >= 0.6 is 0 Å². The molecule has 8 nitrogen and oxygen atoms in total. The fourth-order valence-electron chi connectivity index (χ4n) is 3.49. The van der Waals surface area contributed by atoms with E-state index in [4.69, 9.17) is 14.0 Å². The molecule has 1 aliphatic heterocycles. The summed E-state index contributed by atoms with van der Waals surface area (Å²) in [7, 11) is 1.59. The van der Waals surface area contributed by atoms with E-state index in [2.05, 4.69) is 15.5 Å². The zero-order valence-corrected chi connectivity index (χ0v) is 14.9. The Kier molecular flexibility index (Phi) is 6.63. The van der Waals surface area contributed by atoms with Gasteiger partial charge in [-0.15, -0.1) is 0 Å². The quantitative estimate of drug-likeness (QED) is 0.806. The summed E-state index contributed by atoms with van der Waals surface area (Å²) in [5.41, 5.74) is 0. The zero-order chi connectivity index (χ0) is 17.5. The van der Waals surface area contributed by atoms with Gasteiger partial charge in [0.1, 0.15) is 6.61 Å². The fourth-order valence-corrected chi connectivity index (χ4v) is 3.49. The van der Waals surface area contributed by atoms with Gasteiger partial charge in [-0.25, -0.2) is 4.79 Å². The molecule has 0 bridgehead atoms. The molecule has 2 fully saturated rings. The number of likely N-dealkylation sites (tertiary alicyclic amines) is 1. The lowest BCUT2D eigenvalue weighted by atomic mass is 10.1. The van der Waals surface area contributed by atoms with Crippen molar-refractivity contribution in [2.75, 3.05) is 26.8 Å². The van der Waals surface area contributed by atoms with Crippen LogP contribution in [0.3, 0.4) is 0 Å². The molecular weight excluding hydrogens is 324 g/mol. The molecule has 1 N–H and O–H groups in total. The summed E-state index contributed by atoms with van der Waals surface area (Å²) in [6, 6.07) is 0.413. The predicted molar refractivity (Wildman–Crippen MR) is 90.0 cm³/mol. The van der Waals surface area contributed by atoms with E-state index in [-0.39, 0.29) is 12.1 Å². The Morgan fingerprint density at radius 3 is 2.96 bits per heavy atom. The van der Waals surface area contributed by atoms with Crippen LogP contribution in [0.1, 0.15) is 50.2 Å². The zero-order valence-electron chi connectivity index (χ0n) is 14.9. The van der Waals surface area contributed by atoms with Crippen molar-refractivity contribution in [2.24, 2.45) is 0 Å². The first-order valence-electron chi connectivity index (χ1n) is 9.22. The lowest BCUT2D eigenvalue weighted by Gasteiger charge is -2.33. The third kappa shape index (κ3) is 5.40. The number of amides is 2. The van der Waals surface area contributed by atoms with Crippen molar-refractivity contribution >= 4 is 6.03 Å². The third-order valence-corrected chi connectivity index (χ3v) is 4.81. The maximum Gasteiger partial charge on any atom is 0.317 e. The summed E-state index contributed by atoms with van der Waals surface area (Å²) < 4.78 is 15.9. The molecule has 1 saturated carbocycles. The number of hydrogen-bond donors (Lipinski definition) is 1. The summed E-state index contributed by atoms with van der Waals surface area (Å²) in [5, 5.41) is 7.05. The second-order valence-corrected chi connectivity index (χ2v) is 6.80. The highest BCUT2D eigenvalue weighted by molar-refractivity contribution is 5.74. The fraction of sp³-hybridized carbons (Fsp3) is 0.824. The van der Waals surface area contributed by atoms with Gasteiger partial charge < -0.3 is 24.2 Å². The number of hydrogen-bond acceptors (Lipinski definition) is 6. The van der Waals surface area contributed by atoms with Crippen LogP contribution in [-0.2, 0) is 22.5 Å². The molecule has 2 heterocycles. The van der Waals surface area contributed by atoms with Crippen molar-refractivity contribution in [2.45, 2.75) is 63.7 Å². The molecule has 2 aliphatic rings. The van der Waals surface area contributed by atoms with Gasteiger partial charge >= 0.3 is 6.03 Å². The van der Waals surface area contributed by atoms with Crippen LogP contribution in [0.4, 0.5) is 4.79 Å². The van der Waals surface area contributed by atoms with E-state index >= 15 is 0 Å². The molecule has 140 valence electrons. The number of carbonyl (C=O) groups excluding carboxylic acids is 1. The minimum atomic E-state index is 0.0579. The van der Waals surface area contributed by atoms with Crippen molar-refractivity contribution < 1.29 is 18.8 Å². The van der Waals surface area contributed by atoms with E-state index in [1.54, 1.807) is 7.11 Å². The third-order valence-electron chi connectivity index (χ3n) is 4.81. The van der Waals surface area contributed by atoms with Crippen molar-refractivity contribution in [3.8, 4) is 0 Å². The van der Waals surface area contributed by atoms with Crippen LogP contribution < -0.4 is 5.32 Å². The maximum atomic E-state index is 12.4. The highest BCUT2D eigenvalue weighted by atomic mass is 16.5. The normalized spacial score (nSPS) is 21.6. The number of nitrogens with one attached hydrogen (secondary N) is 1. The molecule has 0 spiro atoms. The molecule has 2 amide bonds. The summed E-state index contributed by atoms with van der Waals surface area (Å²) in [4.78, 5) is 18.5. The van der Waals surface area contributed by atoms with Crippen molar-refractivity contribution in [3.05, 3.63) is 11.7 Å². The van der Waals surface area contributed by atoms with E-state index in [0.717, 1.165) is 32.2 Å². The van der Waals surface area contributed by atoms with Crippen LogP contribution in [0, 0.1) is 0 Å². The minimum absolute atomic E-state index is 0.0579. The minimum Gasteiger partial charge on any atom is -0.376 e. The summed E-state index contributed by atoms with van der Waals surface area (Å²) in [5.74, 6) is 1.10. The Morgan fingerprint density at radius 1 is 1.32 bits per heavy atom. The molecule has 8 heteroatoms.